The highest BCUT2D eigenvalue weighted by atomic mass is 19.4. The third-order valence-corrected chi connectivity index (χ3v) is 4.20. The molecule has 1 aromatic heterocycles. The Balaban J connectivity index is 1.87. The van der Waals surface area contributed by atoms with Crippen LogP contribution in [0.5, 0.6) is 0 Å². The molecule has 0 saturated carbocycles. The number of aliphatic hydroxyl groups excluding tert-OH is 1. The average Bonchev–Trinajstić information content (AvgIpc) is 3.14. The van der Waals surface area contributed by atoms with Gasteiger partial charge in [-0.25, -0.2) is 0 Å². The van der Waals surface area contributed by atoms with Crippen molar-refractivity contribution in [3.63, 3.8) is 0 Å². The number of halogens is 3. The number of alkyl halides is 3. The van der Waals surface area contributed by atoms with Gasteiger partial charge in [-0.3, -0.25) is 4.90 Å². The van der Waals surface area contributed by atoms with Crippen LogP contribution in [0.3, 0.4) is 0 Å². The van der Waals surface area contributed by atoms with Crippen molar-refractivity contribution >= 4 is 5.95 Å². The lowest BCUT2D eigenvalue weighted by Gasteiger charge is -2.25. The molecule has 2 atom stereocenters. The van der Waals surface area contributed by atoms with E-state index in [0.717, 1.165) is 6.07 Å². The van der Waals surface area contributed by atoms with E-state index in [4.69, 9.17) is 4.52 Å². The van der Waals surface area contributed by atoms with Crippen LogP contribution in [-0.4, -0.2) is 46.9 Å². The first kappa shape index (κ1) is 17.7. The van der Waals surface area contributed by atoms with E-state index < -0.39 is 23.9 Å². The van der Waals surface area contributed by atoms with Gasteiger partial charge < -0.3 is 14.5 Å². The van der Waals surface area contributed by atoms with E-state index in [0.29, 0.717) is 11.8 Å². The molecule has 0 aliphatic carbocycles. The molecule has 2 heterocycles. The predicted octanol–water partition coefficient (Wildman–Crippen LogP) is 2.46. The summed E-state index contributed by atoms with van der Waals surface area (Å²) < 4.78 is 45.1. The Morgan fingerprint density at radius 3 is 2.68 bits per heavy atom. The van der Waals surface area contributed by atoms with Gasteiger partial charge in [0.1, 0.15) is 0 Å². The number of rotatable bonds is 4. The number of aliphatic hydroxyl groups is 1. The molecule has 6 nitrogen and oxygen atoms in total. The van der Waals surface area contributed by atoms with E-state index in [-0.39, 0.29) is 25.1 Å². The molecule has 136 valence electrons. The summed E-state index contributed by atoms with van der Waals surface area (Å²) in [6, 6.07) is 4.89. The molecule has 3 rings (SSSR count). The zero-order valence-corrected chi connectivity index (χ0v) is 13.9. The third kappa shape index (κ3) is 3.77. The Labute approximate surface area is 142 Å². The number of hydrogen-bond donors (Lipinski definition) is 1. The van der Waals surface area contributed by atoms with E-state index in [1.54, 1.807) is 30.0 Å². The minimum Gasteiger partial charge on any atom is -0.392 e. The number of anilines is 1. The topological polar surface area (TPSA) is 65.6 Å². The number of β-amino-alcohol motifs (C(OH)–C–C–N with tert-alkyl or cyclic N) is 1. The molecular formula is C16H19F3N4O2. The van der Waals surface area contributed by atoms with Gasteiger partial charge in [0.15, 0.2) is 0 Å². The molecule has 25 heavy (non-hydrogen) atoms. The molecule has 0 amide bonds. The highest BCUT2D eigenvalue weighted by molar-refractivity contribution is 5.33. The first-order valence-corrected chi connectivity index (χ1v) is 7.84. The molecule has 1 aliphatic rings. The maximum Gasteiger partial charge on any atom is 0.416 e. The SMILES string of the molecule is CN(C)c1noc(CN2C[C@@H](O)C[C@@H]2c2ccccc2C(F)(F)F)n1. The molecule has 2 aromatic rings. The van der Waals surface area contributed by atoms with E-state index in [2.05, 4.69) is 10.1 Å². The van der Waals surface area contributed by atoms with Crippen molar-refractivity contribution in [3.8, 4) is 0 Å². The van der Waals surface area contributed by atoms with Gasteiger partial charge in [-0.05, 0) is 23.2 Å². The van der Waals surface area contributed by atoms with Crippen LogP contribution < -0.4 is 4.90 Å². The zero-order chi connectivity index (χ0) is 18.2. The molecule has 1 N–H and O–H groups in total. The Morgan fingerprint density at radius 1 is 1.32 bits per heavy atom. The van der Waals surface area contributed by atoms with Crippen LogP contribution in [0.2, 0.25) is 0 Å². The summed E-state index contributed by atoms with van der Waals surface area (Å²) in [5.74, 6) is 0.689. The first-order valence-electron chi connectivity index (χ1n) is 7.84. The lowest BCUT2D eigenvalue weighted by molar-refractivity contribution is -0.138. The summed E-state index contributed by atoms with van der Waals surface area (Å²) in [6.07, 6.45) is -4.93. The van der Waals surface area contributed by atoms with Crippen molar-refractivity contribution in [1.29, 1.82) is 0 Å². The maximum absolute atomic E-state index is 13.3. The van der Waals surface area contributed by atoms with Gasteiger partial charge in [0.05, 0.1) is 18.2 Å². The Hall–Kier alpha value is -2.13. The number of aromatic nitrogens is 2. The average molecular weight is 356 g/mol. The fraction of sp³-hybridized carbons (Fsp3) is 0.500. The fourth-order valence-electron chi connectivity index (χ4n) is 3.09. The second-order valence-electron chi connectivity index (χ2n) is 6.30. The summed E-state index contributed by atoms with van der Waals surface area (Å²) in [4.78, 5) is 7.61. The summed E-state index contributed by atoms with van der Waals surface area (Å²) in [7, 11) is 3.52. The van der Waals surface area contributed by atoms with Gasteiger partial charge in [-0.15, -0.1) is 0 Å². The standard InChI is InChI=1S/C16H19F3N4O2/c1-22(2)15-20-14(25-21-15)9-23-8-10(24)7-13(23)11-5-3-4-6-12(11)16(17,18)19/h3-6,10,13,24H,7-9H2,1-2H3/t10-,13+/m0/s1. The normalized spacial score (nSPS) is 21.7. The summed E-state index contributed by atoms with van der Waals surface area (Å²) in [6.45, 7) is 0.422. The van der Waals surface area contributed by atoms with Crippen molar-refractivity contribution in [2.24, 2.45) is 0 Å². The second kappa shape index (κ2) is 6.64. The zero-order valence-electron chi connectivity index (χ0n) is 13.9. The van der Waals surface area contributed by atoms with Crippen molar-refractivity contribution in [2.75, 3.05) is 25.5 Å². The fourth-order valence-corrected chi connectivity index (χ4v) is 3.09. The Morgan fingerprint density at radius 2 is 2.04 bits per heavy atom. The van der Waals surface area contributed by atoms with E-state index in [1.807, 2.05) is 0 Å². The Kier molecular flexibility index (Phi) is 4.70. The lowest BCUT2D eigenvalue weighted by Crippen LogP contribution is -2.26. The van der Waals surface area contributed by atoms with Crippen LogP contribution >= 0.6 is 0 Å². The van der Waals surface area contributed by atoms with Gasteiger partial charge in [-0.2, -0.15) is 18.2 Å². The van der Waals surface area contributed by atoms with Crippen LogP contribution in [0.15, 0.2) is 28.8 Å². The minimum atomic E-state index is -4.45. The molecule has 0 radical (unpaired) electrons. The lowest BCUT2D eigenvalue weighted by atomic mass is 9.97. The van der Waals surface area contributed by atoms with Gasteiger partial charge in [0.25, 0.3) is 5.95 Å². The van der Waals surface area contributed by atoms with Crippen LogP contribution in [0.4, 0.5) is 19.1 Å². The predicted molar refractivity (Wildman–Crippen MR) is 83.8 cm³/mol. The number of nitrogens with zero attached hydrogens (tertiary/aromatic N) is 4. The summed E-state index contributed by atoms with van der Waals surface area (Å²) in [5, 5.41) is 13.8. The van der Waals surface area contributed by atoms with Crippen molar-refractivity contribution in [3.05, 3.63) is 41.3 Å². The van der Waals surface area contributed by atoms with Crippen molar-refractivity contribution < 1.29 is 22.8 Å². The highest BCUT2D eigenvalue weighted by Gasteiger charge is 2.40. The third-order valence-electron chi connectivity index (χ3n) is 4.20. The first-order chi connectivity index (χ1) is 11.8. The Bertz CT molecular complexity index is 732. The quantitative estimate of drug-likeness (QED) is 0.908. The molecule has 0 unspecified atom stereocenters. The van der Waals surface area contributed by atoms with Crippen LogP contribution in [0.25, 0.3) is 0 Å². The van der Waals surface area contributed by atoms with Crippen LogP contribution in [0, 0.1) is 0 Å². The van der Waals surface area contributed by atoms with E-state index in [9.17, 15) is 18.3 Å². The van der Waals surface area contributed by atoms with Crippen LogP contribution in [-0.2, 0) is 12.7 Å². The van der Waals surface area contributed by atoms with Crippen molar-refractivity contribution in [1.82, 2.24) is 15.0 Å². The summed E-state index contributed by atoms with van der Waals surface area (Å²) in [5.41, 5.74) is -0.530. The largest absolute Gasteiger partial charge is 0.416 e. The smallest absolute Gasteiger partial charge is 0.392 e. The molecule has 1 aromatic carbocycles. The van der Waals surface area contributed by atoms with Gasteiger partial charge in [-0.1, -0.05) is 18.2 Å². The number of hydrogen-bond acceptors (Lipinski definition) is 6. The van der Waals surface area contributed by atoms with E-state index in [1.165, 1.54) is 12.1 Å². The summed E-state index contributed by atoms with van der Waals surface area (Å²) >= 11 is 0. The molecule has 9 heteroatoms. The monoisotopic (exact) mass is 356 g/mol. The highest BCUT2D eigenvalue weighted by Crippen LogP contribution is 2.40. The molecular weight excluding hydrogens is 337 g/mol. The van der Waals surface area contributed by atoms with Crippen LogP contribution in [0.1, 0.15) is 29.5 Å². The number of benzene rings is 1. The maximum atomic E-state index is 13.3. The van der Waals surface area contributed by atoms with Gasteiger partial charge >= 0.3 is 6.18 Å². The van der Waals surface area contributed by atoms with Gasteiger partial charge in [0, 0.05) is 26.7 Å². The second-order valence-corrected chi connectivity index (χ2v) is 6.30. The molecule has 0 bridgehead atoms. The minimum absolute atomic E-state index is 0.152. The van der Waals surface area contributed by atoms with Gasteiger partial charge in [0.2, 0.25) is 5.89 Å². The molecule has 1 saturated heterocycles. The van der Waals surface area contributed by atoms with Crippen molar-refractivity contribution in [2.45, 2.75) is 31.3 Å². The van der Waals surface area contributed by atoms with E-state index >= 15 is 0 Å². The molecule has 1 aliphatic heterocycles. The molecule has 1 fully saturated rings. The molecule has 0 spiro atoms. The number of likely N-dealkylation sites (tertiary alicyclic amines) is 1.